The number of amides is 3. The molecule has 8 rings (SSSR count). The zero-order valence-corrected chi connectivity index (χ0v) is 31.8. The number of fused-ring (bicyclic) bond motifs is 1. The van der Waals surface area contributed by atoms with Crippen LogP contribution in [0.1, 0.15) is 85.8 Å². The molecule has 55 heavy (non-hydrogen) atoms. The maximum atomic E-state index is 14.9. The Hall–Kier alpha value is -5.11. The molecule has 2 N–H and O–H groups in total. The Balaban J connectivity index is 0.809. The second-order valence-electron chi connectivity index (χ2n) is 15.8. The quantitative estimate of drug-likeness (QED) is 0.201. The van der Waals surface area contributed by atoms with Gasteiger partial charge < -0.3 is 24.6 Å². The van der Waals surface area contributed by atoms with E-state index in [0.29, 0.717) is 41.9 Å². The molecule has 6 heterocycles. The number of carbonyl (C=O) groups is 3. The molecule has 0 bridgehead atoms. The fourth-order valence-corrected chi connectivity index (χ4v) is 8.81. The van der Waals surface area contributed by atoms with Crippen molar-refractivity contribution in [3.05, 3.63) is 65.9 Å². The lowest BCUT2D eigenvalue weighted by atomic mass is 9.89. The zero-order valence-electron chi connectivity index (χ0n) is 31.8. The van der Waals surface area contributed by atoms with Crippen LogP contribution < -0.4 is 20.4 Å². The van der Waals surface area contributed by atoms with E-state index in [1.165, 1.54) is 6.07 Å². The van der Waals surface area contributed by atoms with E-state index in [9.17, 15) is 18.8 Å². The van der Waals surface area contributed by atoms with Gasteiger partial charge in [-0.25, -0.2) is 14.4 Å². The van der Waals surface area contributed by atoms with Crippen molar-refractivity contribution in [2.45, 2.75) is 69.7 Å². The van der Waals surface area contributed by atoms with Crippen molar-refractivity contribution in [3.63, 3.8) is 0 Å². The number of rotatable bonds is 10. The molecule has 1 saturated carbocycles. The predicted octanol–water partition coefficient (Wildman–Crippen LogP) is 5.47. The van der Waals surface area contributed by atoms with Gasteiger partial charge in [-0.15, -0.1) is 0 Å². The standard InChI is InChI=1S/C41H51FN10O3/c1-48(2)40(55)35-24-29-25-44-41(47-38(29)52(35)30-5-3-4-6-30)45-36-11-8-31(26-43-36)50-21-19-49(20-22-50)16-13-27-14-17-51(18-15-27)34-23-28(7-10-33(34)42)32-9-12-37(53)46-39(32)54/h7-8,10-11,23-27,30,32H,3-6,9,12-22H2,1-2H3,(H,46,53,54)(H,43,44,45,47). The first-order valence-corrected chi connectivity index (χ1v) is 19.9. The number of carbonyl (C=O) groups excluding carboxylic acids is 3. The van der Waals surface area contributed by atoms with Gasteiger partial charge in [-0.1, -0.05) is 18.9 Å². The third-order valence-corrected chi connectivity index (χ3v) is 12.0. The summed E-state index contributed by atoms with van der Waals surface area (Å²) in [5, 5.41) is 6.55. The summed E-state index contributed by atoms with van der Waals surface area (Å²) in [5.41, 5.74) is 3.86. The van der Waals surface area contributed by atoms with Crippen molar-refractivity contribution >= 4 is 51.9 Å². The second-order valence-corrected chi connectivity index (χ2v) is 15.8. The number of halogens is 1. The Morgan fingerprint density at radius 3 is 2.40 bits per heavy atom. The van der Waals surface area contributed by atoms with E-state index in [0.717, 1.165) is 113 Å². The third-order valence-electron chi connectivity index (χ3n) is 12.0. The van der Waals surface area contributed by atoms with Crippen LogP contribution in [-0.4, -0.2) is 107 Å². The summed E-state index contributed by atoms with van der Waals surface area (Å²) in [6, 6.07) is 11.2. The number of imide groups is 1. The lowest BCUT2D eigenvalue weighted by Crippen LogP contribution is -2.47. The molecule has 1 unspecified atom stereocenters. The van der Waals surface area contributed by atoms with E-state index < -0.39 is 5.92 Å². The number of pyridine rings is 1. The maximum Gasteiger partial charge on any atom is 0.270 e. The van der Waals surface area contributed by atoms with Crippen molar-refractivity contribution in [2.75, 3.05) is 75.0 Å². The topological polar surface area (TPSA) is 132 Å². The van der Waals surface area contributed by atoms with Gasteiger partial charge in [0.05, 0.1) is 23.5 Å². The molecule has 4 aromatic rings. The first-order valence-electron chi connectivity index (χ1n) is 19.9. The Morgan fingerprint density at radius 2 is 1.69 bits per heavy atom. The fraction of sp³-hybridized carbons (Fsp3) is 0.512. The minimum atomic E-state index is -0.415. The van der Waals surface area contributed by atoms with Crippen LogP contribution in [0.5, 0.6) is 0 Å². The third kappa shape index (κ3) is 8.00. The van der Waals surface area contributed by atoms with Crippen LogP contribution in [0.4, 0.5) is 27.5 Å². The highest BCUT2D eigenvalue weighted by atomic mass is 19.1. The Kier molecular flexibility index (Phi) is 10.7. The zero-order chi connectivity index (χ0) is 38.1. The van der Waals surface area contributed by atoms with Gasteiger partial charge in [0.2, 0.25) is 17.8 Å². The fourth-order valence-electron chi connectivity index (χ4n) is 8.81. The van der Waals surface area contributed by atoms with Crippen LogP contribution in [0.25, 0.3) is 11.0 Å². The number of anilines is 4. The molecule has 4 fully saturated rings. The van der Waals surface area contributed by atoms with E-state index in [1.54, 1.807) is 31.3 Å². The predicted molar refractivity (Wildman–Crippen MR) is 210 cm³/mol. The number of piperazine rings is 1. The number of benzene rings is 1. The minimum absolute atomic E-state index is 0.0261. The smallest absolute Gasteiger partial charge is 0.270 e. The molecule has 3 saturated heterocycles. The summed E-state index contributed by atoms with van der Waals surface area (Å²) >= 11 is 0. The monoisotopic (exact) mass is 750 g/mol. The molecule has 0 radical (unpaired) electrons. The van der Waals surface area contributed by atoms with Gasteiger partial charge in [0.1, 0.15) is 23.0 Å². The van der Waals surface area contributed by atoms with Gasteiger partial charge in [0.25, 0.3) is 5.91 Å². The lowest BCUT2D eigenvalue weighted by molar-refractivity contribution is -0.134. The van der Waals surface area contributed by atoms with Crippen LogP contribution in [0.2, 0.25) is 0 Å². The highest BCUT2D eigenvalue weighted by molar-refractivity contribution is 6.01. The Morgan fingerprint density at radius 1 is 0.909 bits per heavy atom. The molecule has 14 heteroatoms. The molecule has 1 atom stereocenters. The van der Waals surface area contributed by atoms with Crippen LogP contribution in [0.3, 0.4) is 0 Å². The van der Waals surface area contributed by atoms with Gasteiger partial charge in [0.15, 0.2) is 0 Å². The van der Waals surface area contributed by atoms with Crippen molar-refractivity contribution in [1.82, 2.24) is 34.6 Å². The molecule has 3 aromatic heterocycles. The van der Waals surface area contributed by atoms with Crippen molar-refractivity contribution < 1.29 is 18.8 Å². The summed E-state index contributed by atoms with van der Waals surface area (Å²) in [4.78, 5) is 59.8. The normalized spacial score (nSPS) is 20.3. The number of hydrogen-bond donors (Lipinski definition) is 2. The molecule has 1 aliphatic carbocycles. The summed E-state index contributed by atoms with van der Waals surface area (Å²) in [6.45, 7) is 6.48. The van der Waals surface area contributed by atoms with Crippen LogP contribution >= 0.6 is 0 Å². The molecule has 3 aliphatic heterocycles. The molecule has 0 spiro atoms. The Bertz CT molecular complexity index is 2030. The molecule has 1 aromatic carbocycles. The van der Waals surface area contributed by atoms with E-state index in [4.69, 9.17) is 9.97 Å². The highest BCUT2D eigenvalue weighted by Crippen LogP contribution is 2.36. The molecule has 3 amide bonds. The maximum absolute atomic E-state index is 14.9. The number of nitrogens with zero attached hydrogens (tertiary/aromatic N) is 8. The second kappa shape index (κ2) is 15.9. The van der Waals surface area contributed by atoms with E-state index in [2.05, 4.69) is 41.0 Å². The van der Waals surface area contributed by atoms with E-state index >= 15 is 0 Å². The van der Waals surface area contributed by atoms with Gasteiger partial charge >= 0.3 is 0 Å². The Labute approximate surface area is 321 Å². The number of piperidine rings is 2. The summed E-state index contributed by atoms with van der Waals surface area (Å²) in [6.07, 6.45) is 12.0. The lowest BCUT2D eigenvalue weighted by Gasteiger charge is -2.38. The van der Waals surface area contributed by atoms with Crippen LogP contribution in [-0.2, 0) is 9.59 Å². The van der Waals surface area contributed by atoms with Gasteiger partial charge in [-0.2, -0.15) is 4.98 Å². The first kappa shape index (κ1) is 36.8. The van der Waals surface area contributed by atoms with Crippen LogP contribution in [0.15, 0.2) is 48.8 Å². The van der Waals surface area contributed by atoms with Crippen molar-refractivity contribution in [3.8, 4) is 0 Å². The molecular formula is C41H51FN10O3. The first-order chi connectivity index (χ1) is 26.7. The molecule has 13 nitrogen and oxygen atoms in total. The molecular weight excluding hydrogens is 700 g/mol. The summed E-state index contributed by atoms with van der Waals surface area (Å²) < 4.78 is 17.1. The van der Waals surface area contributed by atoms with Gasteiger partial charge in [0, 0.05) is 77.4 Å². The minimum Gasteiger partial charge on any atom is -0.369 e. The van der Waals surface area contributed by atoms with E-state index in [-0.39, 0.29) is 29.6 Å². The van der Waals surface area contributed by atoms with Gasteiger partial charge in [-0.05, 0) is 86.9 Å². The summed E-state index contributed by atoms with van der Waals surface area (Å²) in [5.74, 6) is 0.478. The summed E-state index contributed by atoms with van der Waals surface area (Å²) in [7, 11) is 3.56. The number of hydrogen-bond acceptors (Lipinski definition) is 10. The SMILES string of the molecule is CN(C)C(=O)c1cc2cnc(Nc3ccc(N4CCN(CCC5CCN(c6cc(C7CCC(=O)NC7=O)ccc6F)CC5)CC4)cn3)nc2n1C1CCCC1. The van der Waals surface area contributed by atoms with Crippen molar-refractivity contribution in [1.29, 1.82) is 0 Å². The average Bonchev–Trinajstić information content (AvgIpc) is 3.86. The largest absolute Gasteiger partial charge is 0.369 e. The van der Waals surface area contributed by atoms with E-state index in [1.807, 2.05) is 24.4 Å². The average molecular weight is 751 g/mol. The highest BCUT2D eigenvalue weighted by Gasteiger charge is 2.30. The molecule has 4 aliphatic rings. The van der Waals surface area contributed by atoms with Crippen molar-refractivity contribution in [2.24, 2.45) is 5.92 Å². The van der Waals surface area contributed by atoms with Crippen LogP contribution in [0, 0.1) is 11.7 Å². The number of aromatic nitrogens is 4. The number of nitrogens with one attached hydrogen (secondary N) is 2. The molecule has 290 valence electrons. The van der Waals surface area contributed by atoms with Gasteiger partial charge in [-0.3, -0.25) is 24.6 Å².